The van der Waals surface area contributed by atoms with Crippen molar-refractivity contribution in [2.24, 2.45) is 17.6 Å². The molecular formula is C10H24N2OS. The summed E-state index contributed by atoms with van der Waals surface area (Å²) >= 11 is 0. The van der Waals surface area contributed by atoms with Crippen molar-refractivity contribution in [1.29, 1.82) is 0 Å². The van der Waals surface area contributed by atoms with Gasteiger partial charge in [-0.25, -0.2) is 0 Å². The molecule has 0 rings (SSSR count). The molecule has 0 aliphatic heterocycles. The first kappa shape index (κ1) is 14.1. The topological polar surface area (TPSA) is 55.1 Å². The summed E-state index contributed by atoms with van der Waals surface area (Å²) in [6.07, 6.45) is 2.73. The van der Waals surface area contributed by atoms with Gasteiger partial charge in [-0.1, -0.05) is 13.8 Å². The fourth-order valence-electron chi connectivity index (χ4n) is 1.28. The van der Waals surface area contributed by atoms with Crippen molar-refractivity contribution in [2.45, 2.75) is 20.3 Å². The van der Waals surface area contributed by atoms with Gasteiger partial charge in [0.1, 0.15) is 0 Å². The summed E-state index contributed by atoms with van der Waals surface area (Å²) in [6.45, 7) is 7.05. The molecule has 0 bridgehead atoms. The van der Waals surface area contributed by atoms with Gasteiger partial charge < -0.3 is 11.1 Å². The Morgan fingerprint density at radius 2 is 2.07 bits per heavy atom. The second-order valence-electron chi connectivity index (χ2n) is 4.07. The lowest BCUT2D eigenvalue weighted by Gasteiger charge is -2.19. The second-order valence-corrected chi connectivity index (χ2v) is 5.63. The van der Waals surface area contributed by atoms with E-state index in [4.69, 9.17) is 5.73 Å². The summed E-state index contributed by atoms with van der Waals surface area (Å²) < 4.78 is 10.8. The zero-order chi connectivity index (χ0) is 11.0. The molecule has 0 aromatic heterocycles. The summed E-state index contributed by atoms with van der Waals surface area (Å²) in [6, 6.07) is 0. The van der Waals surface area contributed by atoms with Gasteiger partial charge in [0.15, 0.2) is 0 Å². The molecule has 0 fully saturated rings. The monoisotopic (exact) mass is 220 g/mol. The van der Waals surface area contributed by atoms with Gasteiger partial charge in [0.05, 0.1) is 0 Å². The molecule has 0 aliphatic carbocycles. The molecule has 2 unspecified atom stereocenters. The fourth-order valence-corrected chi connectivity index (χ4v) is 1.83. The summed E-state index contributed by atoms with van der Waals surface area (Å²) in [5.74, 6) is 1.98. The predicted octanol–water partition coefficient (Wildman–Crippen LogP) is 0.576. The van der Waals surface area contributed by atoms with E-state index in [1.165, 1.54) is 0 Å². The lowest BCUT2D eigenvalue weighted by molar-refractivity contribution is 0.372. The van der Waals surface area contributed by atoms with E-state index < -0.39 is 10.8 Å². The van der Waals surface area contributed by atoms with Crippen LogP contribution in [0.1, 0.15) is 20.3 Å². The van der Waals surface area contributed by atoms with E-state index in [2.05, 4.69) is 19.2 Å². The number of hydrogen-bond donors (Lipinski definition) is 2. The average Bonchev–Trinajstić information content (AvgIpc) is 2.10. The van der Waals surface area contributed by atoms with Gasteiger partial charge in [0.25, 0.3) is 0 Å². The molecule has 0 saturated carbocycles. The van der Waals surface area contributed by atoms with Crippen molar-refractivity contribution in [3.8, 4) is 0 Å². The smallest absolute Gasteiger partial charge is 0.0244 e. The predicted molar refractivity (Wildman–Crippen MR) is 63.8 cm³/mol. The van der Waals surface area contributed by atoms with E-state index in [1.54, 1.807) is 6.26 Å². The van der Waals surface area contributed by atoms with Gasteiger partial charge in [-0.05, 0) is 37.9 Å². The maximum atomic E-state index is 10.8. The van der Waals surface area contributed by atoms with Crippen LogP contribution in [0.15, 0.2) is 0 Å². The Morgan fingerprint density at radius 1 is 1.43 bits per heavy atom. The largest absolute Gasteiger partial charge is 0.330 e. The van der Waals surface area contributed by atoms with Crippen molar-refractivity contribution in [3.05, 3.63) is 0 Å². The molecule has 0 aliphatic rings. The first-order chi connectivity index (χ1) is 6.57. The lowest BCUT2D eigenvalue weighted by Crippen LogP contribution is -2.32. The van der Waals surface area contributed by atoms with Gasteiger partial charge in [-0.15, -0.1) is 0 Å². The van der Waals surface area contributed by atoms with E-state index in [1.807, 2.05) is 0 Å². The van der Waals surface area contributed by atoms with Crippen LogP contribution in [-0.2, 0) is 10.8 Å². The molecule has 4 heteroatoms. The molecular weight excluding hydrogens is 196 g/mol. The number of hydrogen-bond acceptors (Lipinski definition) is 3. The average molecular weight is 220 g/mol. The van der Waals surface area contributed by atoms with Crippen LogP contribution in [0.3, 0.4) is 0 Å². The minimum absolute atomic E-state index is 0.558. The van der Waals surface area contributed by atoms with E-state index in [9.17, 15) is 4.21 Å². The molecule has 86 valence electrons. The Balaban J connectivity index is 3.38. The van der Waals surface area contributed by atoms with Crippen LogP contribution in [0.25, 0.3) is 0 Å². The maximum absolute atomic E-state index is 10.8. The third-order valence-electron chi connectivity index (χ3n) is 2.44. The van der Waals surface area contributed by atoms with Crippen molar-refractivity contribution >= 4 is 10.8 Å². The molecule has 0 aromatic rings. The van der Waals surface area contributed by atoms with E-state index >= 15 is 0 Å². The zero-order valence-corrected chi connectivity index (χ0v) is 10.4. The Bertz CT molecular complexity index is 162. The van der Waals surface area contributed by atoms with Crippen LogP contribution < -0.4 is 11.1 Å². The zero-order valence-electron chi connectivity index (χ0n) is 9.58. The normalized spacial score (nSPS) is 15.8. The Morgan fingerprint density at radius 3 is 2.50 bits per heavy atom. The number of rotatable bonds is 8. The van der Waals surface area contributed by atoms with Crippen LogP contribution >= 0.6 is 0 Å². The first-order valence-electron chi connectivity index (χ1n) is 5.28. The molecule has 14 heavy (non-hydrogen) atoms. The third-order valence-corrected chi connectivity index (χ3v) is 3.30. The summed E-state index contributed by atoms with van der Waals surface area (Å²) in [5, 5.41) is 3.36. The van der Waals surface area contributed by atoms with Crippen LogP contribution in [0.2, 0.25) is 0 Å². The van der Waals surface area contributed by atoms with Crippen molar-refractivity contribution < 1.29 is 4.21 Å². The summed E-state index contributed by atoms with van der Waals surface area (Å²) in [5.41, 5.74) is 5.65. The van der Waals surface area contributed by atoms with Gasteiger partial charge in [-0.2, -0.15) is 0 Å². The molecule has 0 spiro atoms. The highest BCUT2D eigenvalue weighted by atomic mass is 32.2. The van der Waals surface area contributed by atoms with Gasteiger partial charge in [-0.3, -0.25) is 4.21 Å². The Labute approximate surface area is 90.3 Å². The second kappa shape index (κ2) is 8.38. The van der Waals surface area contributed by atoms with Crippen molar-refractivity contribution in [3.63, 3.8) is 0 Å². The highest BCUT2D eigenvalue weighted by Gasteiger charge is 2.09. The fraction of sp³-hybridized carbons (Fsp3) is 1.00. The molecule has 0 heterocycles. The SMILES string of the molecule is CC(C)C(CN)CNCCCS(C)=O. The highest BCUT2D eigenvalue weighted by Crippen LogP contribution is 2.06. The minimum atomic E-state index is -0.655. The van der Waals surface area contributed by atoms with Crippen LogP contribution in [-0.4, -0.2) is 35.9 Å². The standard InChI is InChI=1S/C10H24N2OS/c1-9(2)10(7-11)8-12-5-4-6-14(3)13/h9-10,12H,4-8,11H2,1-3H3. The highest BCUT2D eigenvalue weighted by molar-refractivity contribution is 7.84. The Kier molecular flexibility index (Phi) is 8.43. The quantitative estimate of drug-likeness (QED) is 0.588. The van der Waals surface area contributed by atoms with Crippen molar-refractivity contribution in [2.75, 3.05) is 31.6 Å². The molecule has 0 radical (unpaired) electrons. The van der Waals surface area contributed by atoms with Gasteiger partial charge in [0.2, 0.25) is 0 Å². The molecule has 0 amide bonds. The molecule has 3 N–H and O–H groups in total. The summed E-state index contributed by atoms with van der Waals surface area (Å²) in [7, 11) is -0.655. The number of nitrogens with two attached hydrogens (primary N) is 1. The van der Waals surface area contributed by atoms with Gasteiger partial charge >= 0.3 is 0 Å². The molecule has 2 atom stereocenters. The van der Waals surface area contributed by atoms with E-state index in [-0.39, 0.29) is 0 Å². The van der Waals surface area contributed by atoms with Crippen LogP contribution in [0, 0.1) is 11.8 Å². The van der Waals surface area contributed by atoms with Gasteiger partial charge in [0, 0.05) is 22.8 Å². The molecule has 3 nitrogen and oxygen atoms in total. The third kappa shape index (κ3) is 7.47. The van der Waals surface area contributed by atoms with Crippen LogP contribution in [0.5, 0.6) is 0 Å². The summed E-state index contributed by atoms with van der Waals surface area (Å²) in [4.78, 5) is 0. The Hall–Kier alpha value is 0.0700. The van der Waals surface area contributed by atoms with E-state index in [0.717, 1.165) is 31.8 Å². The van der Waals surface area contributed by atoms with Crippen LogP contribution in [0.4, 0.5) is 0 Å². The minimum Gasteiger partial charge on any atom is -0.330 e. The maximum Gasteiger partial charge on any atom is 0.0244 e. The van der Waals surface area contributed by atoms with E-state index in [0.29, 0.717) is 11.8 Å². The molecule has 0 saturated heterocycles. The van der Waals surface area contributed by atoms with Crippen molar-refractivity contribution in [1.82, 2.24) is 5.32 Å². The first-order valence-corrected chi connectivity index (χ1v) is 7.01. The number of nitrogens with one attached hydrogen (secondary N) is 1. The lowest BCUT2D eigenvalue weighted by atomic mass is 9.96. The molecule has 0 aromatic carbocycles.